The second-order valence-corrected chi connectivity index (χ2v) is 9.31. The number of nitrogens with one attached hydrogen (secondary N) is 1. The van der Waals surface area contributed by atoms with Crippen LogP contribution in [0.2, 0.25) is 0 Å². The molecule has 0 spiro atoms. The van der Waals surface area contributed by atoms with E-state index in [1.807, 2.05) is 24.3 Å². The molecule has 0 saturated carbocycles. The van der Waals surface area contributed by atoms with Gasteiger partial charge in [0.2, 0.25) is 0 Å². The lowest BCUT2D eigenvalue weighted by Crippen LogP contribution is -2.57. The molecular formula is C25H34N2O3. The van der Waals surface area contributed by atoms with E-state index >= 15 is 0 Å². The molecule has 2 aliphatic rings. The fourth-order valence-corrected chi connectivity index (χ4v) is 4.94. The molecule has 0 amide bonds. The fraction of sp³-hybridized carbons (Fsp3) is 0.520. The number of rotatable bonds is 7. The number of phenols is 2. The number of likely N-dealkylation sites (N-methyl/N-ethyl adjacent to an activating group) is 1. The fourth-order valence-electron chi connectivity index (χ4n) is 4.94. The molecule has 0 aliphatic carbocycles. The lowest BCUT2D eigenvalue weighted by molar-refractivity contribution is 0.0268. The van der Waals surface area contributed by atoms with Crippen LogP contribution in [-0.4, -0.2) is 43.6 Å². The average Bonchev–Trinajstić information content (AvgIpc) is 3.04. The van der Waals surface area contributed by atoms with Crippen molar-refractivity contribution < 1.29 is 14.9 Å². The molecule has 30 heavy (non-hydrogen) atoms. The topological polar surface area (TPSA) is 65.0 Å². The van der Waals surface area contributed by atoms with Crippen LogP contribution in [0, 0.1) is 0 Å². The minimum atomic E-state index is -0.186. The molecule has 2 aromatic rings. The molecule has 4 rings (SSSR count). The Bertz CT molecular complexity index is 921. The maximum Gasteiger partial charge on any atom is 0.117 e. The summed E-state index contributed by atoms with van der Waals surface area (Å²) in [4.78, 5) is 2.21. The second-order valence-electron chi connectivity index (χ2n) is 9.31. The summed E-state index contributed by atoms with van der Waals surface area (Å²) in [6.07, 6.45) is 2.04. The molecule has 2 aromatic carbocycles. The normalized spacial score (nSPS) is 21.6. The van der Waals surface area contributed by atoms with Crippen LogP contribution in [0.4, 0.5) is 5.69 Å². The number of phenolic OH excluding ortho intramolecular Hbond substituents is 2. The van der Waals surface area contributed by atoms with E-state index in [1.54, 1.807) is 6.07 Å². The molecule has 0 radical (unpaired) electrons. The van der Waals surface area contributed by atoms with Crippen molar-refractivity contribution in [3.05, 3.63) is 52.6 Å². The molecule has 2 unspecified atom stereocenters. The number of aromatic hydroxyl groups is 2. The number of ether oxygens (including phenoxy) is 1. The first kappa shape index (κ1) is 21.0. The maximum atomic E-state index is 10.2. The second kappa shape index (κ2) is 8.12. The van der Waals surface area contributed by atoms with Gasteiger partial charge in [-0.05, 0) is 65.8 Å². The Morgan fingerprint density at radius 3 is 2.50 bits per heavy atom. The average molecular weight is 411 g/mol. The standard InChI is InChI=1S/C25H34N2O3/c1-16(2)21-11-18(28)5-6-23(21)25(8-9-26-25)15-30-14-17(3)22-12-19(29)13-24-20(22)7-10-27(24)4/h5-6,11-13,16-17,26,28-29H,7-10,14-15H2,1-4H3. The Labute approximate surface area is 179 Å². The van der Waals surface area contributed by atoms with Crippen molar-refractivity contribution in [3.63, 3.8) is 0 Å². The molecule has 162 valence electrons. The molecule has 5 heteroatoms. The number of anilines is 1. The minimum Gasteiger partial charge on any atom is -0.508 e. The third-order valence-corrected chi connectivity index (χ3v) is 6.79. The van der Waals surface area contributed by atoms with Gasteiger partial charge in [-0.15, -0.1) is 0 Å². The van der Waals surface area contributed by atoms with Gasteiger partial charge < -0.3 is 25.2 Å². The van der Waals surface area contributed by atoms with Crippen LogP contribution < -0.4 is 10.2 Å². The van der Waals surface area contributed by atoms with Crippen LogP contribution in [0.1, 0.15) is 61.3 Å². The summed E-state index contributed by atoms with van der Waals surface area (Å²) in [6, 6.07) is 9.47. The Hall–Kier alpha value is -2.24. The molecular weight excluding hydrogens is 376 g/mol. The first-order chi connectivity index (χ1) is 14.3. The number of hydrogen-bond acceptors (Lipinski definition) is 5. The van der Waals surface area contributed by atoms with E-state index in [2.05, 4.69) is 38.0 Å². The highest BCUT2D eigenvalue weighted by Gasteiger charge is 2.40. The summed E-state index contributed by atoms with van der Waals surface area (Å²) < 4.78 is 6.28. The van der Waals surface area contributed by atoms with Gasteiger partial charge >= 0.3 is 0 Å². The Morgan fingerprint density at radius 2 is 1.83 bits per heavy atom. The molecule has 2 atom stereocenters. The summed E-state index contributed by atoms with van der Waals surface area (Å²) in [5.41, 5.74) is 5.89. The predicted molar refractivity (Wildman–Crippen MR) is 121 cm³/mol. The van der Waals surface area contributed by atoms with Crippen molar-refractivity contribution in [2.24, 2.45) is 0 Å². The van der Waals surface area contributed by atoms with E-state index < -0.39 is 0 Å². The lowest BCUT2D eigenvalue weighted by atomic mass is 9.77. The summed E-state index contributed by atoms with van der Waals surface area (Å²) in [5.74, 6) is 1.18. The lowest BCUT2D eigenvalue weighted by Gasteiger charge is -2.45. The van der Waals surface area contributed by atoms with Crippen LogP contribution in [0.3, 0.4) is 0 Å². The van der Waals surface area contributed by atoms with E-state index in [1.165, 1.54) is 22.3 Å². The maximum absolute atomic E-state index is 10.2. The number of nitrogens with zero attached hydrogens (tertiary/aromatic N) is 1. The van der Waals surface area contributed by atoms with Crippen molar-refractivity contribution in [3.8, 4) is 11.5 Å². The highest BCUT2D eigenvalue weighted by atomic mass is 16.5. The molecule has 5 nitrogen and oxygen atoms in total. The molecule has 3 N–H and O–H groups in total. The van der Waals surface area contributed by atoms with Crippen molar-refractivity contribution in [2.45, 2.75) is 51.0 Å². The van der Waals surface area contributed by atoms with Crippen molar-refractivity contribution in [1.82, 2.24) is 5.32 Å². The van der Waals surface area contributed by atoms with Gasteiger partial charge in [0.25, 0.3) is 0 Å². The summed E-state index contributed by atoms with van der Waals surface area (Å²) >= 11 is 0. The van der Waals surface area contributed by atoms with E-state index in [0.29, 0.717) is 30.6 Å². The monoisotopic (exact) mass is 410 g/mol. The van der Waals surface area contributed by atoms with Gasteiger partial charge in [-0.3, -0.25) is 0 Å². The Balaban J connectivity index is 1.49. The van der Waals surface area contributed by atoms with E-state index in [4.69, 9.17) is 4.74 Å². The molecule has 2 heterocycles. The van der Waals surface area contributed by atoms with Gasteiger partial charge in [0.1, 0.15) is 11.5 Å². The van der Waals surface area contributed by atoms with E-state index in [9.17, 15) is 10.2 Å². The summed E-state index contributed by atoms with van der Waals surface area (Å²) in [5, 5.41) is 23.8. The first-order valence-corrected chi connectivity index (χ1v) is 11.0. The number of hydrogen-bond donors (Lipinski definition) is 3. The van der Waals surface area contributed by atoms with Crippen LogP contribution in [-0.2, 0) is 16.7 Å². The zero-order chi connectivity index (χ0) is 21.5. The SMILES string of the molecule is CC(C)c1cc(O)ccc1C1(COCC(C)c2cc(O)cc3c2CCN3C)CCN1. The van der Waals surface area contributed by atoms with E-state index in [-0.39, 0.29) is 11.5 Å². The van der Waals surface area contributed by atoms with Gasteiger partial charge in [0, 0.05) is 31.3 Å². The first-order valence-electron chi connectivity index (χ1n) is 11.0. The zero-order valence-electron chi connectivity index (χ0n) is 18.5. The molecule has 0 bridgehead atoms. The smallest absolute Gasteiger partial charge is 0.117 e. The van der Waals surface area contributed by atoms with Crippen LogP contribution in [0.5, 0.6) is 11.5 Å². The minimum absolute atomic E-state index is 0.186. The van der Waals surface area contributed by atoms with Crippen LogP contribution in [0.15, 0.2) is 30.3 Å². The molecule has 2 aliphatic heterocycles. The van der Waals surface area contributed by atoms with Gasteiger partial charge in [-0.25, -0.2) is 0 Å². The van der Waals surface area contributed by atoms with Crippen molar-refractivity contribution in [1.29, 1.82) is 0 Å². The Kier molecular flexibility index (Phi) is 5.69. The third-order valence-electron chi connectivity index (χ3n) is 6.79. The van der Waals surface area contributed by atoms with Gasteiger partial charge in [-0.2, -0.15) is 0 Å². The largest absolute Gasteiger partial charge is 0.508 e. The number of benzene rings is 2. The molecule has 1 saturated heterocycles. The third kappa shape index (κ3) is 3.77. The summed E-state index contributed by atoms with van der Waals surface area (Å²) in [7, 11) is 2.08. The molecule has 0 aromatic heterocycles. The quantitative estimate of drug-likeness (QED) is 0.638. The highest BCUT2D eigenvalue weighted by molar-refractivity contribution is 5.64. The van der Waals surface area contributed by atoms with Crippen LogP contribution in [0.25, 0.3) is 0 Å². The van der Waals surface area contributed by atoms with Gasteiger partial charge in [-0.1, -0.05) is 26.8 Å². The van der Waals surface area contributed by atoms with E-state index in [0.717, 1.165) is 31.6 Å². The molecule has 1 fully saturated rings. The number of fused-ring (bicyclic) bond motifs is 1. The van der Waals surface area contributed by atoms with Crippen LogP contribution >= 0.6 is 0 Å². The Morgan fingerprint density at radius 1 is 1.10 bits per heavy atom. The zero-order valence-corrected chi connectivity index (χ0v) is 18.5. The van der Waals surface area contributed by atoms with Crippen molar-refractivity contribution >= 4 is 5.69 Å². The van der Waals surface area contributed by atoms with Gasteiger partial charge in [0.05, 0.1) is 18.8 Å². The summed E-state index contributed by atoms with van der Waals surface area (Å²) in [6.45, 7) is 9.67. The highest BCUT2D eigenvalue weighted by Crippen LogP contribution is 2.40. The predicted octanol–water partition coefficient (Wildman–Crippen LogP) is 4.22. The van der Waals surface area contributed by atoms with Gasteiger partial charge in [0.15, 0.2) is 0 Å². The van der Waals surface area contributed by atoms with Crippen molar-refractivity contribution in [2.75, 3.05) is 38.3 Å².